The first-order valence-electron chi connectivity index (χ1n) is 9.34. The molecule has 0 atom stereocenters. The smallest absolute Gasteiger partial charge is 0.433 e. The lowest BCUT2D eigenvalue weighted by atomic mass is 9.93. The average molecular weight is 458 g/mol. The number of hydrogen-bond donors (Lipinski definition) is 1. The van der Waals surface area contributed by atoms with E-state index in [4.69, 9.17) is 16.3 Å². The predicted octanol–water partition coefficient (Wildman–Crippen LogP) is 5.24. The summed E-state index contributed by atoms with van der Waals surface area (Å²) in [5.74, 6) is -0.818. The predicted molar refractivity (Wildman–Crippen MR) is 109 cm³/mol. The van der Waals surface area contributed by atoms with Gasteiger partial charge in [-0.15, -0.1) is 0 Å². The third-order valence-corrected chi connectivity index (χ3v) is 5.11. The Labute approximate surface area is 181 Å². The lowest BCUT2D eigenvalue weighted by Crippen LogP contribution is -2.23. The fourth-order valence-electron chi connectivity index (χ4n) is 3.26. The third kappa shape index (κ3) is 5.34. The van der Waals surface area contributed by atoms with E-state index in [1.54, 1.807) is 14.0 Å². The normalized spacial score (nSPS) is 19.6. The molecule has 10 heteroatoms. The van der Waals surface area contributed by atoms with Crippen LogP contribution in [0.4, 0.5) is 17.6 Å². The molecular formula is C21H20ClF4N3O2. The number of aliphatic hydroxyl groups is 1. The second-order valence-corrected chi connectivity index (χ2v) is 7.49. The van der Waals surface area contributed by atoms with E-state index >= 15 is 0 Å². The maximum Gasteiger partial charge on any atom is 0.433 e. The molecule has 0 fully saturated rings. The number of hydrogen-bond acceptors (Lipinski definition) is 5. The highest BCUT2D eigenvalue weighted by molar-refractivity contribution is 6.31. The highest BCUT2D eigenvalue weighted by atomic mass is 35.5. The fourth-order valence-corrected chi connectivity index (χ4v) is 3.52. The first kappa shape index (κ1) is 23.0. The Balaban J connectivity index is 1.96. The van der Waals surface area contributed by atoms with Crippen LogP contribution in [-0.2, 0) is 23.8 Å². The van der Waals surface area contributed by atoms with E-state index in [2.05, 4.69) is 10.1 Å². The number of pyridine rings is 1. The summed E-state index contributed by atoms with van der Waals surface area (Å²) in [6, 6.07) is 4.82. The number of aryl methyl sites for hydroxylation is 1. The molecule has 0 unspecified atom stereocenters. The fraction of sp³-hybridized carbons (Fsp3) is 0.333. The van der Waals surface area contributed by atoms with Crippen LogP contribution < -0.4 is 0 Å². The Morgan fingerprint density at radius 3 is 2.58 bits per heavy atom. The first-order valence-corrected chi connectivity index (χ1v) is 9.71. The summed E-state index contributed by atoms with van der Waals surface area (Å²) in [5.41, 5.74) is 0.554. The van der Waals surface area contributed by atoms with Gasteiger partial charge in [-0.3, -0.25) is 9.99 Å². The number of ether oxygens (including phenoxy) is 1. The largest absolute Gasteiger partial charge is 0.506 e. The van der Waals surface area contributed by atoms with Crippen LogP contribution in [0.25, 0.3) is 5.57 Å². The topological polar surface area (TPSA) is 58.0 Å². The van der Waals surface area contributed by atoms with Crippen molar-refractivity contribution in [1.29, 1.82) is 0 Å². The molecule has 0 radical (unpaired) electrons. The number of alkyl halides is 3. The van der Waals surface area contributed by atoms with Gasteiger partial charge in [-0.25, -0.2) is 4.39 Å². The molecule has 1 aromatic heterocycles. The van der Waals surface area contributed by atoms with Crippen molar-refractivity contribution < 1.29 is 27.4 Å². The van der Waals surface area contributed by atoms with Crippen LogP contribution in [0.3, 0.4) is 0 Å². The molecule has 2 heterocycles. The van der Waals surface area contributed by atoms with E-state index in [-0.39, 0.29) is 53.8 Å². The number of aromatic nitrogens is 1. The van der Waals surface area contributed by atoms with Gasteiger partial charge in [0.05, 0.1) is 12.3 Å². The number of nitrogens with zero attached hydrogens (tertiary/aromatic N) is 3. The van der Waals surface area contributed by atoms with Crippen molar-refractivity contribution in [3.05, 3.63) is 69.4 Å². The highest BCUT2D eigenvalue weighted by Crippen LogP contribution is 2.33. The van der Waals surface area contributed by atoms with E-state index in [0.717, 1.165) is 12.3 Å². The molecule has 1 aromatic carbocycles. The van der Waals surface area contributed by atoms with Gasteiger partial charge in [0.15, 0.2) is 0 Å². The zero-order valence-corrected chi connectivity index (χ0v) is 17.6. The molecule has 1 N–H and O–H groups in total. The van der Waals surface area contributed by atoms with Gasteiger partial charge in [0.1, 0.15) is 24.0 Å². The minimum atomic E-state index is -4.52. The maximum absolute atomic E-state index is 14.9. The monoisotopic (exact) mass is 457 g/mol. The van der Waals surface area contributed by atoms with Crippen LogP contribution in [0.5, 0.6) is 0 Å². The van der Waals surface area contributed by atoms with E-state index in [0.29, 0.717) is 11.1 Å². The van der Waals surface area contributed by atoms with Gasteiger partial charge in [-0.05, 0) is 49.1 Å². The Morgan fingerprint density at radius 1 is 1.19 bits per heavy atom. The number of benzene rings is 1. The number of hydrazone groups is 1. The van der Waals surface area contributed by atoms with Gasteiger partial charge in [0, 0.05) is 29.4 Å². The molecule has 0 bridgehead atoms. The van der Waals surface area contributed by atoms with Crippen LogP contribution >= 0.6 is 11.6 Å². The molecule has 0 saturated heterocycles. The summed E-state index contributed by atoms with van der Waals surface area (Å²) in [5, 5.41) is 16.6. The molecule has 2 aromatic rings. The molecule has 166 valence electrons. The van der Waals surface area contributed by atoms with Crippen LogP contribution in [-0.4, -0.2) is 41.2 Å². The molecule has 0 amide bonds. The molecule has 0 saturated carbocycles. The summed E-state index contributed by atoms with van der Waals surface area (Å²) < 4.78 is 58.5. The Kier molecular flexibility index (Phi) is 6.86. The molecular weight excluding hydrogens is 438 g/mol. The van der Waals surface area contributed by atoms with Crippen LogP contribution in [0.15, 0.2) is 41.3 Å². The van der Waals surface area contributed by atoms with Crippen LogP contribution in [0.2, 0.25) is 5.02 Å². The van der Waals surface area contributed by atoms with Crippen molar-refractivity contribution in [2.24, 2.45) is 5.10 Å². The Bertz CT molecular complexity index is 1020. The molecule has 3 rings (SSSR count). The zero-order chi connectivity index (χ0) is 22.8. The minimum Gasteiger partial charge on any atom is -0.506 e. The molecule has 1 aliphatic rings. The van der Waals surface area contributed by atoms with Gasteiger partial charge in [-0.2, -0.15) is 18.3 Å². The molecule has 0 aliphatic carbocycles. The summed E-state index contributed by atoms with van der Waals surface area (Å²) >= 11 is 6.34. The Morgan fingerprint density at radius 2 is 1.94 bits per heavy atom. The van der Waals surface area contributed by atoms with Crippen LogP contribution in [0, 0.1) is 5.82 Å². The van der Waals surface area contributed by atoms with E-state index in [9.17, 15) is 22.7 Å². The number of rotatable bonds is 4. The van der Waals surface area contributed by atoms with Crippen molar-refractivity contribution in [3.63, 3.8) is 0 Å². The molecule has 5 nitrogen and oxygen atoms in total. The van der Waals surface area contributed by atoms with E-state index in [1.165, 1.54) is 23.2 Å². The molecule has 0 spiro atoms. The standard InChI is InChI=1S/C21H20ClF4N3O2/c1-12-20(30)15(10-31-11-29(2)28-12)19-14(16(22)6-7-17(19)23)5-3-13-4-8-18(27-9-13)21(24,25)26/h4,6-9,30H,3,5,10-11H2,1-2H3/b20-15-,28-12-. The van der Waals surface area contributed by atoms with Gasteiger partial charge in [0.2, 0.25) is 0 Å². The summed E-state index contributed by atoms with van der Waals surface area (Å²) in [6.07, 6.45) is -2.90. The lowest BCUT2D eigenvalue weighted by Gasteiger charge is -2.22. The summed E-state index contributed by atoms with van der Waals surface area (Å²) in [7, 11) is 1.67. The van der Waals surface area contributed by atoms with Crippen LogP contribution in [0.1, 0.15) is 29.3 Å². The van der Waals surface area contributed by atoms with Gasteiger partial charge >= 0.3 is 6.18 Å². The van der Waals surface area contributed by atoms with Gasteiger partial charge in [0.25, 0.3) is 0 Å². The van der Waals surface area contributed by atoms with Gasteiger partial charge in [-0.1, -0.05) is 17.7 Å². The lowest BCUT2D eigenvalue weighted by molar-refractivity contribution is -0.141. The van der Waals surface area contributed by atoms with Gasteiger partial charge < -0.3 is 9.84 Å². The SMILES string of the molecule is CC1=N/N(C)COC/C(c2c(F)ccc(Cl)c2CCc2ccc(C(F)(F)F)nc2)=C\1O. The number of aliphatic hydroxyl groups excluding tert-OH is 1. The first-order chi connectivity index (χ1) is 14.6. The summed E-state index contributed by atoms with van der Waals surface area (Å²) in [6.45, 7) is 1.66. The quantitative estimate of drug-likeness (QED) is 0.638. The minimum absolute atomic E-state index is 0.0743. The van der Waals surface area contributed by atoms with Crippen molar-refractivity contribution >= 4 is 22.9 Å². The van der Waals surface area contributed by atoms with E-state index in [1.807, 2.05) is 0 Å². The van der Waals surface area contributed by atoms with Crippen molar-refractivity contribution in [2.45, 2.75) is 25.9 Å². The number of halogens is 5. The second-order valence-electron chi connectivity index (χ2n) is 7.08. The summed E-state index contributed by atoms with van der Waals surface area (Å²) in [4.78, 5) is 3.44. The maximum atomic E-state index is 14.9. The molecule has 1 aliphatic heterocycles. The van der Waals surface area contributed by atoms with Crippen molar-refractivity contribution in [1.82, 2.24) is 9.99 Å². The van der Waals surface area contributed by atoms with E-state index < -0.39 is 17.7 Å². The molecule has 31 heavy (non-hydrogen) atoms. The van der Waals surface area contributed by atoms with Crippen molar-refractivity contribution in [2.75, 3.05) is 20.4 Å². The Hall–Kier alpha value is -2.65. The zero-order valence-electron chi connectivity index (χ0n) is 16.8. The third-order valence-electron chi connectivity index (χ3n) is 4.76. The average Bonchev–Trinajstić information content (AvgIpc) is 2.70. The van der Waals surface area contributed by atoms with Crippen molar-refractivity contribution in [3.8, 4) is 0 Å². The second kappa shape index (κ2) is 9.23. The highest BCUT2D eigenvalue weighted by Gasteiger charge is 2.32. The number of allylic oxidation sites excluding steroid dienone is 1.